The smallest absolute Gasteiger partial charge is 0.412 e. The first-order valence-electron chi connectivity index (χ1n) is 20.4. The minimum atomic E-state index is -4.51. The minimum absolute atomic E-state index is 0.0595. The number of benzene rings is 6. The highest BCUT2D eigenvalue weighted by atomic mass is 35.5. The van der Waals surface area contributed by atoms with Crippen LogP contribution in [0.5, 0.6) is 0 Å². The van der Waals surface area contributed by atoms with E-state index in [4.69, 9.17) is 50.6 Å². The van der Waals surface area contributed by atoms with Crippen LogP contribution in [0.2, 0.25) is 20.1 Å². The standard InChI is InChI=1S/C23H20Cl2N2O6S2.C22H18Cl2N2O6S2/c1-14-5-2-7-17(23(28)29)21(14)35(32,33)27-12-4-6-15-10-11-16(13-20(15)27)26-34(30,31)22-18(24)8-3-9-19(22)25;23-18-9-4-10-19(24)21(18)33(28,29)25-17-12-11-15-8-5-13-26(20(15)14-17)34(30,31)32-22(27)16-6-2-1-3-7-16/h2-3,5,7-11,13,26H,4,6,12H2,1H3,(H,28,29);1-4,6-7,9-12,14,25H,5,8,13H2. The molecule has 2 aliphatic heterocycles. The van der Waals surface area contributed by atoms with Gasteiger partial charge in [0.1, 0.15) is 14.7 Å². The molecule has 0 fully saturated rings. The van der Waals surface area contributed by atoms with Crippen molar-refractivity contribution in [2.75, 3.05) is 31.1 Å². The molecule has 0 aromatic heterocycles. The zero-order chi connectivity index (χ0) is 50.1. The third-order valence-electron chi connectivity index (χ3n) is 10.7. The van der Waals surface area contributed by atoms with Gasteiger partial charge in [0.05, 0.1) is 54.0 Å². The third kappa shape index (κ3) is 11.1. The Morgan fingerprint density at radius 2 is 1.01 bits per heavy atom. The lowest BCUT2D eigenvalue weighted by Gasteiger charge is -2.32. The molecule has 0 spiro atoms. The molecule has 24 heteroatoms. The highest BCUT2D eigenvalue weighted by molar-refractivity contribution is 7.93. The first kappa shape index (κ1) is 51.3. The molecule has 6 aromatic carbocycles. The van der Waals surface area contributed by atoms with Crippen molar-refractivity contribution in [1.29, 1.82) is 0 Å². The number of nitrogens with zero attached hydrogens (tertiary/aromatic N) is 2. The Balaban J connectivity index is 0.000000204. The first-order valence-corrected chi connectivity index (χ1v) is 27.7. The Morgan fingerprint density at radius 1 is 0.565 bits per heavy atom. The van der Waals surface area contributed by atoms with Gasteiger partial charge in [-0.15, -0.1) is 0 Å². The fourth-order valence-electron chi connectivity index (χ4n) is 7.62. The largest absolute Gasteiger partial charge is 0.478 e. The Hall–Kier alpha value is -5.58. The highest BCUT2D eigenvalue weighted by Gasteiger charge is 2.35. The second kappa shape index (κ2) is 20.4. The Bertz CT molecular complexity index is 3440. The Kier molecular flexibility index (Phi) is 15.2. The molecule has 362 valence electrons. The van der Waals surface area contributed by atoms with Gasteiger partial charge in [0.25, 0.3) is 30.1 Å². The number of aryl methyl sites for hydroxylation is 3. The van der Waals surface area contributed by atoms with Crippen LogP contribution < -0.4 is 18.1 Å². The molecule has 0 unspecified atom stereocenters. The highest BCUT2D eigenvalue weighted by Crippen LogP contribution is 2.39. The molecule has 0 atom stereocenters. The maximum absolute atomic E-state index is 13.7. The number of nitrogens with one attached hydrogen (secondary N) is 2. The predicted octanol–water partition coefficient (Wildman–Crippen LogP) is 9.59. The van der Waals surface area contributed by atoms with E-state index in [1.807, 2.05) is 0 Å². The predicted molar refractivity (Wildman–Crippen MR) is 265 cm³/mol. The summed E-state index contributed by atoms with van der Waals surface area (Å²) in [5.41, 5.74) is 2.05. The van der Waals surface area contributed by atoms with Crippen LogP contribution in [0.25, 0.3) is 0 Å². The van der Waals surface area contributed by atoms with E-state index in [0.29, 0.717) is 42.4 Å². The molecule has 0 bridgehead atoms. The van der Waals surface area contributed by atoms with E-state index in [1.165, 1.54) is 97.9 Å². The maximum atomic E-state index is 13.7. The topological polar surface area (TPSA) is 231 Å². The number of carbonyl (C=O) groups is 2. The van der Waals surface area contributed by atoms with Gasteiger partial charge < -0.3 is 9.29 Å². The van der Waals surface area contributed by atoms with Crippen molar-refractivity contribution in [2.24, 2.45) is 0 Å². The van der Waals surface area contributed by atoms with Gasteiger partial charge in [-0.05, 0) is 116 Å². The quantitative estimate of drug-likeness (QED) is 0.104. The molecule has 69 heavy (non-hydrogen) atoms. The lowest BCUT2D eigenvalue weighted by atomic mass is 10.0. The second-order valence-electron chi connectivity index (χ2n) is 15.3. The Morgan fingerprint density at radius 3 is 1.49 bits per heavy atom. The van der Waals surface area contributed by atoms with E-state index in [1.54, 1.807) is 30.3 Å². The van der Waals surface area contributed by atoms with Crippen LogP contribution in [0.3, 0.4) is 0 Å². The number of carboxylic acids is 1. The average molecular weight is 1100 g/mol. The number of sulfonamides is 3. The maximum Gasteiger partial charge on any atom is 0.412 e. The van der Waals surface area contributed by atoms with Gasteiger partial charge >= 0.3 is 22.2 Å². The third-order valence-corrected chi connectivity index (χ3v) is 18.6. The van der Waals surface area contributed by atoms with Crippen LogP contribution >= 0.6 is 46.4 Å². The van der Waals surface area contributed by atoms with Crippen LogP contribution in [-0.4, -0.2) is 63.8 Å². The number of fused-ring (bicyclic) bond motifs is 2. The monoisotopic (exact) mass is 1090 g/mol. The molecule has 0 saturated heterocycles. The molecule has 16 nitrogen and oxygen atoms in total. The summed E-state index contributed by atoms with van der Waals surface area (Å²) < 4.78 is 117. The van der Waals surface area contributed by atoms with E-state index in [-0.39, 0.29) is 81.7 Å². The van der Waals surface area contributed by atoms with Crippen molar-refractivity contribution < 1.29 is 52.5 Å². The van der Waals surface area contributed by atoms with Crippen molar-refractivity contribution in [2.45, 2.75) is 47.3 Å². The van der Waals surface area contributed by atoms with Crippen molar-refractivity contribution in [3.8, 4) is 0 Å². The van der Waals surface area contributed by atoms with Crippen molar-refractivity contribution in [1.82, 2.24) is 0 Å². The summed E-state index contributed by atoms with van der Waals surface area (Å²) in [6.07, 6.45) is 2.15. The van der Waals surface area contributed by atoms with E-state index >= 15 is 0 Å². The molecule has 6 aromatic rings. The van der Waals surface area contributed by atoms with Gasteiger partial charge in [-0.1, -0.05) is 101 Å². The second-order valence-corrected chi connectivity index (χ2v) is 23.4. The van der Waals surface area contributed by atoms with Crippen LogP contribution in [-0.2, 0) is 57.4 Å². The van der Waals surface area contributed by atoms with Gasteiger partial charge in [0.15, 0.2) is 0 Å². The summed E-state index contributed by atoms with van der Waals surface area (Å²) in [7, 11) is -17.1. The van der Waals surface area contributed by atoms with E-state index in [9.17, 15) is 48.4 Å². The number of anilines is 4. The first-order chi connectivity index (χ1) is 32.5. The van der Waals surface area contributed by atoms with Gasteiger partial charge in [-0.3, -0.25) is 13.7 Å². The molecule has 0 amide bonds. The van der Waals surface area contributed by atoms with E-state index in [2.05, 4.69) is 9.44 Å². The normalized spacial score (nSPS) is 13.8. The number of carboxylic acid groups (broad SMARTS) is 1. The molecular formula is C45H38Cl4N4O12S4. The summed E-state index contributed by atoms with van der Waals surface area (Å²) in [4.78, 5) is 23.2. The fourth-order valence-corrected chi connectivity index (χ4v) is 15.1. The summed E-state index contributed by atoms with van der Waals surface area (Å²) in [5, 5.41) is 9.35. The Labute approximate surface area is 418 Å². The molecule has 0 saturated carbocycles. The van der Waals surface area contributed by atoms with Gasteiger partial charge in [0.2, 0.25) is 0 Å². The molecule has 8 rings (SSSR count). The van der Waals surface area contributed by atoms with E-state index in [0.717, 1.165) is 8.61 Å². The lowest BCUT2D eigenvalue weighted by Crippen LogP contribution is -2.38. The van der Waals surface area contributed by atoms with Gasteiger partial charge in [0, 0.05) is 13.1 Å². The van der Waals surface area contributed by atoms with E-state index < -0.39 is 52.3 Å². The molecule has 0 radical (unpaired) electrons. The summed E-state index contributed by atoms with van der Waals surface area (Å²) in [6, 6.07) is 29.7. The number of aromatic carboxylic acids is 1. The van der Waals surface area contributed by atoms with Crippen LogP contribution in [0.15, 0.2) is 136 Å². The summed E-state index contributed by atoms with van der Waals surface area (Å²) >= 11 is 24.2. The number of carbonyl (C=O) groups excluding carboxylic acids is 1. The average Bonchev–Trinajstić information content (AvgIpc) is 3.28. The minimum Gasteiger partial charge on any atom is -0.478 e. The number of hydrogen-bond acceptors (Lipinski definition) is 11. The van der Waals surface area contributed by atoms with Gasteiger partial charge in [-0.2, -0.15) is 8.42 Å². The van der Waals surface area contributed by atoms with Crippen LogP contribution in [0.4, 0.5) is 22.7 Å². The van der Waals surface area contributed by atoms with Crippen molar-refractivity contribution in [3.05, 3.63) is 169 Å². The number of hydrogen-bond donors (Lipinski definition) is 3. The number of rotatable bonds is 12. The zero-order valence-electron chi connectivity index (χ0n) is 35.8. The van der Waals surface area contributed by atoms with Crippen molar-refractivity contribution >= 4 is 121 Å². The number of halogens is 4. The molecule has 2 heterocycles. The van der Waals surface area contributed by atoms with Crippen LogP contribution in [0.1, 0.15) is 50.2 Å². The van der Waals surface area contributed by atoms with Crippen molar-refractivity contribution in [3.63, 3.8) is 0 Å². The lowest BCUT2D eigenvalue weighted by molar-refractivity contribution is 0.0690. The molecule has 3 N–H and O–H groups in total. The fraction of sp³-hybridized carbons (Fsp3) is 0.156. The van der Waals surface area contributed by atoms with Gasteiger partial charge in [-0.25, -0.2) is 39.1 Å². The SMILES string of the molecule is Cc1cccc(C(=O)O)c1S(=O)(=O)N1CCCc2ccc(NS(=O)(=O)c3c(Cl)cccc3Cl)cc21.O=C(OS(=O)(=O)N1CCCc2ccc(NS(=O)(=O)c3c(Cl)cccc3Cl)cc21)c1ccccc1. The molecule has 2 aliphatic rings. The molecular weight excluding hydrogens is 1060 g/mol. The zero-order valence-corrected chi connectivity index (χ0v) is 42.1. The summed E-state index contributed by atoms with van der Waals surface area (Å²) in [6.45, 7) is 1.70. The summed E-state index contributed by atoms with van der Waals surface area (Å²) in [5.74, 6) is -2.37. The molecule has 0 aliphatic carbocycles. The van der Waals surface area contributed by atoms with Crippen LogP contribution in [0, 0.1) is 6.92 Å².